The van der Waals surface area contributed by atoms with Crippen LogP contribution in [0.2, 0.25) is 0 Å². The van der Waals surface area contributed by atoms with Crippen molar-refractivity contribution in [2.24, 2.45) is 0 Å². The number of carboxylic acid groups (broad SMARTS) is 2. The van der Waals surface area contributed by atoms with E-state index < -0.39 is 6.16 Å². The summed E-state index contributed by atoms with van der Waals surface area (Å²) in [6.45, 7) is 4.48. The molecular weight excluding hydrogens is 230 g/mol. The van der Waals surface area contributed by atoms with E-state index in [1.165, 1.54) is 17.4 Å². The minimum absolute atomic E-state index is 0.639. The molecule has 0 spiro atoms. The normalized spacial score (nSPS) is 11.4. The van der Waals surface area contributed by atoms with Crippen LogP contribution >= 0.6 is 0 Å². The van der Waals surface area contributed by atoms with Gasteiger partial charge in [-0.15, -0.1) is 0 Å². The number of pyridine rings is 1. The molecule has 2 rings (SSSR count). The highest BCUT2D eigenvalue weighted by atomic mass is 16.6. The average Bonchev–Trinajstić information content (AvgIpc) is 2.36. The zero-order chi connectivity index (χ0) is 13.5. The molecule has 0 bridgehead atoms. The molecule has 0 aliphatic heterocycles. The van der Waals surface area contributed by atoms with Gasteiger partial charge >= 0.3 is 6.16 Å². The SMILES string of the molecule is CCC(C)c1ccc2ncccc2c1.O=C(O)O. The molecule has 96 valence electrons. The van der Waals surface area contributed by atoms with E-state index in [2.05, 4.69) is 43.1 Å². The van der Waals surface area contributed by atoms with Crippen molar-refractivity contribution in [3.63, 3.8) is 0 Å². The molecule has 1 aromatic carbocycles. The summed E-state index contributed by atoms with van der Waals surface area (Å²) >= 11 is 0. The van der Waals surface area contributed by atoms with E-state index in [1.54, 1.807) is 0 Å². The molecule has 2 N–H and O–H groups in total. The summed E-state index contributed by atoms with van der Waals surface area (Å²) in [4.78, 5) is 12.9. The number of nitrogens with zero attached hydrogens (tertiary/aromatic N) is 1. The molecule has 0 saturated carbocycles. The standard InChI is InChI=1S/C13H15N.CH2O3/c1-3-10(2)11-6-7-13-12(9-11)5-4-8-14-13;2-1(3)4/h4-10H,3H2,1-2H3;(H2,2,3,4). The summed E-state index contributed by atoms with van der Waals surface area (Å²) in [5.74, 6) is 0.639. The molecule has 4 nitrogen and oxygen atoms in total. The highest BCUT2D eigenvalue weighted by Crippen LogP contribution is 2.22. The third kappa shape index (κ3) is 4.05. The topological polar surface area (TPSA) is 70.4 Å². The Morgan fingerprint density at radius 1 is 1.33 bits per heavy atom. The number of fused-ring (bicyclic) bond motifs is 1. The molecule has 4 heteroatoms. The maximum atomic E-state index is 8.56. The van der Waals surface area contributed by atoms with Crippen molar-refractivity contribution >= 4 is 17.1 Å². The third-order valence-corrected chi connectivity index (χ3v) is 2.81. The van der Waals surface area contributed by atoms with E-state index in [-0.39, 0.29) is 0 Å². The van der Waals surface area contributed by atoms with E-state index in [1.807, 2.05) is 12.3 Å². The van der Waals surface area contributed by atoms with Gasteiger partial charge in [0.1, 0.15) is 0 Å². The van der Waals surface area contributed by atoms with Crippen molar-refractivity contribution in [1.82, 2.24) is 4.98 Å². The van der Waals surface area contributed by atoms with E-state index >= 15 is 0 Å². The molecule has 2 aromatic rings. The van der Waals surface area contributed by atoms with Crippen LogP contribution in [0.25, 0.3) is 10.9 Å². The number of aromatic nitrogens is 1. The van der Waals surface area contributed by atoms with Gasteiger partial charge in [0.2, 0.25) is 0 Å². The maximum absolute atomic E-state index is 8.56. The fourth-order valence-corrected chi connectivity index (χ4v) is 1.64. The Bertz CT molecular complexity index is 521. The monoisotopic (exact) mass is 247 g/mol. The van der Waals surface area contributed by atoms with Gasteiger partial charge in [0.25, 0.3) is 0 Å². The number of hydrogen-bond acceptors (Lipinski definition) is 2. The van der Waals surface area contributed by atoms with Crippen LogP contribution in [0.15, 0.2) is 36.5 Å². The van der Waals surface area contributed by atoms with Crippen LogP contribution in [0.3, 0.4) is 0 Å². The Morgan fingerprint density at radius 3 is 2.61 bits per heavy atom. The molecular formula is C14H17NO3. The molecule has 0 aliphatic carbocycles. The molecule has 1 heterocycles. The predicted octanol–water partition coefficient (Wildman–Crippen LogP) is 3.97. The van der Waals surface area contributed by atoms with Crippen LogP contribution in [0.5, 0.6) is 0 Å². The minimum Gasteiger partial charge on any atom is -0.450 e. The fourth-order valence-electron chi connectivity index (χ4n) is 1.64. The van der Waals surface area contributed by atoms with Crippen LogP contribution in [0, 0.1) is 0 Å². The first-order valence-corrected chi connectivity index (χ1v) is 5.81. The smallest absolute Gasteiger partial charge is 0.450 e. The largest absolute Gasteiger partial charge is 0.503 e. The van der Waals surface area contributed by atoms with Crippen LogP contribution in [-0.2, 0) is 0 Å². The van der Waals surface area contributed by atoms with Crippen molar-refractivity contribution < 1.29 is 15.0 Å². The van der Waals surface area contributed by atoms with Crippen molar-refractivity contribution in [2.45, 2.75) is 26.2 Å². The van der Waals surface area contributed by atoms with Crippen molar-refractivity contribution in [2.75, 3.05) is 0 Å². The number of hydrogen-bond donors (Lipinski definition) is 2. The van der Waals surface area contributed by atoms with Gasteiger partial charge in [-0.3, -0.25) is 4.98 Å². The summed E-state index contributed by atoms with van der Waals surface area (Å²) in [5, 5.41) is 15.2. The van der Waals surface area contributed by atoms with Gasteiger partial charge in [0, 0.05) is 11.6 Å². The summed E-state index contributed by atoms with van der Waals surface area (Å²) in [6, 6.07) is 10.6. The Morgan fingerprint density at radius 2 is 2.00 bits per heavy atom. The number of rotatable bonds is 2. The van der Waals surface area contributed by atoms with E-state index in [0.29, 0.717) is 5.92 Å². The lowest BCUT2D eigenvalue weighted by molar-refractivity contribution is 0.137. The zero-order valence-corrected chi connectivity index (χ0v) is 10.5. The first-order chi connectivity index (χ1) is 8.54. The van der Waals surface area contributed by atoms with E-state index in [4.69, 9.17) is 15.0 Å². The lowest BCUT2D eigenvalue weighted by atomic mass is 9.97. The maximum Gasteiger partial charge on any atom is 0.503 e. The lowest BCUT2D eigenvalue weighted by Gasteiger charge is -2.09. The molecule has 18 heavy (non-hydrogen) atoms. The lowest BCUT2D eigenvalue weighted by Crippen LogP contribution is -1.91. The van der Waals surface area contributed by atoms with E-state index in [0.717, 1.165) is 5.52 Å². The van der Waals surface area contributed by atoms with Gasteiger partial charge in [0.05, 0.1) is 5.52 Å². The minimum atomic E-state index is -1.83. The molecule has 0 amide bonds. The van der Waals surface area contributed by atoms with Crippen molar-refractivity contribution in [1.29, 1.82) is 0 Å². The van der Waals surface area contributed by atoms with Gasteiger partial charge in [-0.25, -0.2) is 4.79 Å². The molecule has 0 fully saturated rings. The average molecular weight is 247 g/mol. The second-order valence-electron chi connectivity index (χ2n) is 4.05. The summed E-state index contributed by atoms with van der Waals surface area (Å²) < 4.78 is 0. The third-order valence-electron chi connectivity index (χ3n) is 2.81. The first-order valence-electron chi connectivity index (χ1n) is 5.81. The second-order valence-corrected chi connectivity index (χ2v) is 4.05. The molecule has 1 aromatic heterocycles. The molecule has 1 unspecified atom stereocenters. The van der Waals surface area contributed by atoms with Gasteiger partial charge in [-0.2, -0.15) is 0 Å². The highest BCUT2D eigenvalue weighted by Gasteiger charge is 2.03. The Hall–Kier alpha value is -2.10. The summed E-state index contributed by atoms with van der Waals surface area (Å²) in [5.41, 5.74) is 2.49. The summed E-state index contributed by atoms with van der Waals surface area (Å²) in [6.07, 6.45) is 1.19. The number of carbonyl (C=O) groups is 1. The molecule has 0 aliphatic rings. The van der Waals surface area contributed by atoms with Crippen LogP contribution in [0.4, 0.5) is 4.79 Å². The van der Waals surface area contributed by atoms with Crippen LogP contribution in [-0.4, -0.2) is 21.4 Å². The Labute approximate surface area is 106 Å². The molecule has 0 saturated heterocycles. The zero-order valence-electron chi connectivity index (χ0n) is 10.5. The molecule has 1 atom stereocenters. The fraction of sp³-hybridized carbons (Fsp3) is 0.286. The van der Waals surface area contributed by atoms with Gasteiger partial charge in [-0.1, -0.05) is 26.0 Å². The number of benzene rings is 1. The molecule has 0 radical (unpaired) electrons. The van der Waals surface area contributed by atoms with E-state index in [9.17, 15) is 0 Å². The van der Waals surface area contributed by atoms with Crippen LogP contribution < -0.4 is 0 Å². The highest BCUT2D eigenvalue weighted by molar-refractivity contribution is 5.79. The van der Waals surface area contributed by atoms with Gasteiger partial charge < -0.3 is 10.2 Å². The first kappa shape index (κ1) is 14.0. The predicted molar refractivity (Wildman–Crippen MR) is 71.1 cm³/mol. The summed E-state index contributed by atoms with van der Waals surface area (Å²) in [7, 11) is 0. The quantitative estimate of drug-likeness (QED) is 0.842. The second kappa shape index (κ2) is 6.59. The van der Waals surface area contributed by atoms with Gasteiger partial charge in [-0.05, 0) is 36.1 Å². The van der Waals surface area contributed by atoms with Crippen molar-refractivity contribution in [3.05, 3.63) is 42.1 Å². The van der Waals surface area contributed by atoms with Crippen molar-refractivity contribution in [3.8, 4) is 0 Å². The van der Waals surface area contributed by atoms with Gasteiger partial charge in [0.15, 0.2) is 0 Å². The Balaban J connectivity index is 0.000000357. The Kier molecular flexibility index (Phi) is 5.11. The van der Waals surface area contributed by atoms with Crippen LogP contribution in [0.1, 0.15) is 31.7 Å².